The van der Waals surface area contributed by atoms with E-state index in [-0.39, 0.29) is 24.2 Å². The third-order valence-electron chi connectivity index (χ3n) is 3.99. The van der Waals surface area contributed by atoms with Crippen molar-refractivity contribution in [2.45, 2.75) is 26.3 Å². The second-order valence-corrected chi connectivity index (χ2v) is 5.91. The number of hydrogen-bond donors (Lipinski definition) is 1. The van der Waals surface area contributed by atoms with Crippen LogP contribution in [0.25, 0.3) is 11.5 Å². The summed E-state index contributed by atoms with van der Waals surface area (Å²) in [6.45, 7) is 3.65. The normalized spacial score (nSPS) is 12.0. The third kappa shape index (κ3) is 4.12. The lowest BCUT2D eigenvalue weighted by atomic mass is 10.1. The number of oxazole rings is 1. The smallest absolute Gasteiger partial charge is 0.226 e. The van der Waals surface area contributed by atoms with Crippen LogP contribution in [0, 0.1) is 12.7 Å². The van der Waals surface area contributed by atoms with E-state index in [1.54, 1.807) is 19.1 Å². The van der Waals surface area contributed by atoms with Gasteiger partial charge < -0.3 is 9.73 Å². The van der Waals surface area contributed by atoms with Gasteiger partial charge in [-0.15, -0.1) is 0 Å². The maximum absolute atomic E-state index is 13.0. The van der Waals surface area contributed by atoms with Crippen molar-refractivity contribution in [3.63, 3.8) is 0 Å². The summed E-state index contributed by atoms with van der Waals surface area (Å²) in [6, 6.07) is 15.4. The van der Waals surface area contributed by atoms with E-state index in [9.17, 15) is 9.18 Å². The largest absolute Gasteiger partial charge is 0.441 e. The van der Waals surface area contributed by atoms with Crippen molar-refractivity contribution in [2.24, 2.45) is 0 Å². The van der Waals surface area contributed by atoms with Gasteiger partial charge in [0, 0.05) is 5.56 Å². The van der Waals surface area contributed by atoms with Crippen LogP contribution in [-0.4, -0.2) is 10.9 Å². The molecule has 3 rings (SSSR count). The number of nitrogens with one attached hydrogen (secondary N) is 1. The monoisotopic (exact) mass is 338 g/mol. The van der Waals surface area contributed by atoms with Crippen LogP contribution in [0.1, 0.15) is 30.0 Å². The highest BCUT2D eigenvalue weighted by molar-refractivity contribution is 5.79. The first-order valence-electron chi connectivity index (χ1n) is 8.09. The van der Waals surface area contributed by atoms with Gasteiger partial charge in [0.15, 0.2) is 0 Å². The molecule has 5 heteroatoms. The van der Waals surface area contributed by atoms with E-state index in [0.29, 0.717) is 17.3 Å². The zero-order valence-corrected chi connectivity index (χ0v) is 14.1. The van der Waals surface area contributed by atoms with Crippen LogP contribution in [0.4, 0.5) is 4.39 Å². The first kappa shape index (κ1) is 16.9. The molecular formula is C20H19FN2O2. The van der Waals surface area contributed by atoms with Crippen LogP contribution in [0.15, 0.2) is 59.0 Å². The van der Waals surface area contributed by atoms with Gasteiger partial charge in [-0.05, 0) is 43.7 Å². The summed E-state index contributed by atoms with van der Waals surface area (Å²) in [5, 5.41) is 2.90. The fourth-order valence-electron chi connectivity index (χ4n) is 2.58. The van der Waals surface area contributed by atoms with Crippen molar-refractivity contribution < 1.29 is 13.6 Å². The Morgan fingerprint density at radius 2 is 1.84 bits per heavy atom. The van der Waals surface area contributed by atoms with Crippen LogP contribution in [0.3, 0.4) is 0 Å². The SMILES string of the molecule is Cc1oc(-c2ccccc2)nc1CC(=O)N[C@H](C)c1ccc(F)cc1. The summed E-state index contributed by atoms with van der Waals surface area (Å²) in [5.74, 6) is 0.678. The van der Waals surface area contributed by atoms with E-state index in [1.807, 2.05) is 37.3 Å². The van der Waals surface area contributed by atoms with Gasteiger partial charge in [0.25, 0.3) is 0 Å². The average Bonchev–Trinajstić information content (AvgIpc) is 2.97. The van der Waals surface area contributed by atoms with Gasteiger partial charge in [0.1, 0.15) is 11.6 Å². The van der Waals surface area contributed by atoms with Crippen LogP contribution >= 0.6 is 0 Å². The Hall–Kier alpha value is -2.95. The lowest BCUT2D eigenvalue weighted by Gasteiger charge is -2.13. The van der Waals surface area contributed by atoms with Gasteiger partial charge >= 0.3 is 0 Å². The molecule has 0 aliphatic rings. The fourth-order valence-corrected chi connectivity index (χ4v) is 2.58. The van der Waals surface area contributed by atoms with E-state index in [2.05, 4.69) is 10.3 Å². The second kappa shape index (κ2) is 7.30. The predicted molar refractivity (Wildman–Crippen MR) is 93.3 cm³/mol. The molecule has 3 aromatic rings. The minimum absolute atomic E-state index is 0.133. The molecule has 1 N–H and O–H groups in total. The summed E-state index contributed by atoms with van der Waals surface area (Å²) < 4.78 is 18.7. The molecule has 0 unspecified atom stereocenters. The second-order valence-electron chi connectivity index (χ2n) is 5.91. The highest BCUT2D eigenvalue weighted by Crippen LogP contribution is 2.22. The number of aryl methyl sites for hydroxylation is 1. The quantitative estimate of drug-likeness (QED) is 0.758. The van der Waals surface area contributed by atoms with Crippen LogP contribution < -0.4 is 5.32 Å². The number of aromatic nitrogens is 1. The number of carbonyl (C=O) groups excluding carboxylic acids is 1. The molecule has 0 saturated carbocycles. The van der Waals surface area contributed by atoms with Gasteiger partial charge in [-0.3, -0.25) is 4.79 Å². The number of benzene rings is 2. The average molecular weight is 338 g/mol. The Kier molecular flexibility index (Phi) is 4.93. The first-order valence-corrected chi connectivity index (χ1v) is 8.09. The zero-order chi connectivity index (χ0) is 17.8. The standard InChI is InChI=1S/C20H19FN2O2/c1-13(15-8-10-17(21)11-9-15)22-19(24)12-18-14(2)25-20(23-18)16-6-4-3-5-7-16/h3-11,13H,12H2,1-2H3,(H,22,24)/t13-/m1/s1. The van der Waals surface area contributed by atoms with Gasteiger partial charge in [0.2, 0.25) is 11.8 Å². The Bertz CT molecular complexity index is 857. The number of halogens is 1. The fraction of sp³-hybridized carbons (Fsp3) is 0.200. The zero-order valence-electron chi connectivity index (χ0n) is 14.1. The molecule has 1 amide bonds. The highest BCUT2D eigenvalue weighted by Gasteiger charge is 2.16. The van der Waals surface area contributed by atoms with Gasteiger partial charge in [-0.25, -0.2) is 9.37 Å². The predicted octanol–water partition coefficient (Wildman–Crippen LogP) is 4.21. The maximum atomic E-state index is 13.0. The van der Waals surface area contributed by atoms with Crippen molar-refractivity contribution in [2.75, 3.05) is 0 Å². The van der Waals surface area contributed by atoms with Gasteiger partial charge in [-0.1, -0.05) is 30.3 Å². The molecule has 0 spiro atoms. The van der Waals surface area contributed by atoms with Crippen molar-refractivity contribution in [3.8, 4) is 11.5 Å². The Morgan fingerprint density at radius 3 is 2.52 bits per heavy atom. The molecule has 0 aliphatic carbocycles. The number of carbonyl (C=O) groups is 1. The lowest BCUT2D eigenvalue weighted by molar-refractivity contribution is -0.121. The Balaban J connectivity index is 1.67. The number of hydrogen-bond acceptors (Lipinski definition) is 3. The van der Waals surface area contributed by atoms with Gasteiger partial charge in [0.05, 0.1) is 18.2 Å². The van der Waals surface area contributed by atoms with E-state index in [0.717, 1.165) is 11.1 Å². The molecule has 2 aromatic carbocycles. The third-order valence-corrected chi connectivity index (χ3v) is 3.99. The van der Waals surface area contributed by atoms with E-state index in [1.165, 1.54) is 12.1 Å². The minimum Gasteiger partial charge on any atom is -0.441 e. The van der Waals surface area contributed by atoms with Crippen molar-refractivity contribution in [3.05, 3.63) is 77.4 Å². The summed E-state index contributed by atoms with van der Waals surface area (Å²) >= 11 is 0. The molecule has 1 aromatic heterocycles. The molecule has 1 heterocycles. The van der Waals surface area contributed by atoms with Crippen LogP contribution in [0.2, 0.25) is 0 Å². The molecule has 0 bridgehead atoms. The Morgan fingerprint density at radius 1 is 1.16 bits per heavy atom. The first-order chi connectivity index (χ1) is 12.0. The van der Waals surface area contributed by atoms with Crippen molar-refractivity contribution in [1.82, 2.24) is 10.3 Å². The molecule has 128 valence electrons. The van der Waals surface area contributed by atoms with E-state index < -0.39 is 0 Å². The van der Waals surface area contributed by atoms with E-state index >= 15 is 0 Å². The van der Waals surface area contributed by atoms with E-state index in [4.69, 9.17) is 4.42 Å². The summed E-state index contributed by atoms with van der Waals surface area (Å²) in [4.78, 5) is 16.7. The maximum Gasteiger partial charge on any atom is 0.226 e. The van der Waals surface area contributed by atoms with Crippen molar-refractivity contribution >= 4 is 5.91 Å². The molecule has 0 saturated heterocycles. The number of rotatable bonds is 5. The summed E-state index contributed by atoms with van der Waals surface area (Å²) in [6.07, 6.45) is 0.133. The topological polar surface area (TPSA) is 55.1 Å². The minimum atomic E-state index is -0.297. The number of nitrogens with zero attached hydrogens (tertiary/aromatic N) is 1. The summed E-state index contributed by atoms with van der Waals surface area (Å²) in [5.41, 5.74) is 2.33. The summed E-state index contributed by atoms with van der Waals surface area (Å²) in [7, 11) is 0. The molecule has 1 atom stereocenters. The Labute approximate surface area is 145 Å². The molecule has 4 nitrogen and oxygen atoms in total. The van der Waals surface area contributed by atoms with Crippen LogP contribution in [0.5, 0.6) is 0 Å². The molecule has 0 fully saturated rings. The number of amides is 1. The molecular weight excluding hydrogens is 319 g/mol. The lowest BCUT2D eigenvalue weighted by Crippen LogP contribution is -2.28. The van der Waals surface area contributed by atoms with Crippen molar-refractivity contribution in [1.29, 1.82) is 0 Å². The molecule has 0 aliphatic heterocycles. The van der Waals surface area contributed by atoms with Gasteiger partial charge in [-0.2, -0.15) is 0 Å². The molecule has 25 heavy (non-hydrogen) atoms. The highest BCUT2D eigenvalue weighted by atomic mass is 19.1. The van der Waals surface area contributed by atoms with Crippen LogP contribution in [-0.2, 0) is 11.2 Å². The molecule has 0 radical (unpaired) electrons.